The number of Topliss-reactive ketones (excluding diaryl/α,β-unsaturated/α-hetero) is 1. The van der Waals surface area contributed by atoms with E-state index in [4.69, 9.17) is 0 Å². The Morgan fingerprint density at radius 3 is 2.50 bits per heavy atom. The third-order valence-electron chi connectivity index (χ3n) is 2.16. The van der Waals surface area contributed by atoms with Crippen molar-refractivity contribution in [3.05, 3.63) is 28.2 Å². The fraction of sp³-hybridized carbons (Fsp3) is 0.333. The van der Waals surface area contributed by atoms with Gasteiger partial charge in [-0.15, -0.1) is 0 Å². The van der Waals surface area contributed by atoms with Crippen LogP contribution in [-0.2, 0) is 9.53 Å². The third-order valence-corrected chi connectivity index (χ3v) is 2.81. The summed E-state index contributed by atoms with van der Waals surface area (Å²) in [5.41, 5.74) is -0.274. The Morgan fingerprint density at radius 1 is 1.30 bits per heavy atom. The molecule has 0 saturated carbocycles. The van der Waals surface area contributed by atoms with Crippen LogP contribution >= 0.6 is 15.9 Å². The van der Waals surface area contributed by atoms with Crippen LogP contribution in [0, 0.1) is 0 Å². The summed E-state index contributed by atoms with van der Waals surface area (Å²) in [7, 11) is 0. The Balaban J connectivity index is 2.96. The quantitative estimate of drug-likeness (QED) is 0.447. The lowest BCUT2D eigenvalue weighted by molar-refractivity contribution is -0.147. The zero-order chi connectivity index (χ0) is 15.3. The number of esters is 1. The lowest BCUT2D eigenvalue weighted by Crippen LogP contribution is -2.28. The molecule has 0 N–H and O–H groups in total. The Labute approximate surface area is 121 Å². The normalized spacial score (nSPS) is 12.1. The highest BCUT2D eigenvalue weighted by Crippen LogP contribution is 2.28. The maximum atomic E-state index is 13.5. The zero-order valence-corrected chi connectivity index (χ0v) is 11.8. The van der Waals surface area contributed by atoms with Crippen molar-refractivity contribution in [2.45, 2.75) is 19.7 Å². The van der Waals surface area contributed by atoms with E-state index in [0.29, 0.717) is 0 Å². The second-order valence-electron chi connectivity index (χ2n) is 3.50. The highest BCUT2D eigenvalue weighted by Gasteiger charge is 2.29. The molecule has 1 rings (SSSR count). The fourth-order valence-corrected chi connectivity index (χ4v) is 1.65. The summed E-state index contributed by atoms with van der Waals surface area (Å²) in [4.78, 5) is 22.8. The highest BCUT2D eigenvalue weighted by atomic mass is 79.9. The molecule has 0 saturated heterocycles. The number of benzene rings is 1. The number of halogens is 4. The minimum Gasteiger partial charge on any atom is -0.463 e. The van der Waals surface area contributed by atoms with Crippen molar-refractivity contribution in [3.63, 3.8) is 0 Å². The summed E-state index contributed by atoms with van der Waals surface area (Å²) < 4.78 is 46.5. The van der Waals surface area contributed by atoms with E-state index in [9.17, 15) is 22.8 Å². The molecule has 4 nitrogen and oxygen atoms in total. The van der Waals surface area contributed by atoms with E-state index in [1.165, 1.54) is 19.1 Å². The molecule has 8 heteroatoms. The molecule has 0 amide bonds. The first-order chi connectivity index (χ1) is 9.36. The fourth-order valence-electron chi connectivity index (χ4n) is 1.31. The maximum Gasteiger partial charge on any atom is 0.387 e. The van der Waals surface area contributed by atoms with Gasteiger partial charge in [0.05, 0.1) is 11.1 Å². The minimum absolute atomic E-state index is 0.0768. The van der Waals surface area contributed by atoms with Gasteiger partial charge < -0.3 is 9.47 Å². The monoisotopic (exact) mass is 354 g/mol. The van der Waals surface area contributed by atoms with Crippen LogP contribution in [-0.4, -0.2) is 31.1 Å². The van der Waals surface area contributed by atoms with Gasteiger partial charge in [0.25, 0.3) is 6.17 Å². The summed E-state index contributed by atoms with van der Waals surface area (Å²) in [6, 6.07) is 3.34. The molecular formula is C12H10BrF3O4. The summed E-state index contributed by atoms with van der Waals surface area (Å²) >= 11 is 2.94. The van der Waals surface area contributed by atoms with Gasteiger partial charge in [0.2, 0.25) is 5.78 Å². The number of carbonyl (C=O) groups excluding carboxylic acids is 2. The number of ether oxygens (including phenoxy) is 2. The summed E-state index contributed by atoms with van der Waals surface area (Å²) in [6.07, 6.45) is -2.50. The predicted molar refractivity (Wildman–Crippen MR) is 66.6 cm³/mol. The van der Waals surface area contributed by atoms with E-state index < -0.39 is 24.5 Å². The molecule has 0 radical (unpaired) electrons. The Hall–Kier alpha value is -1.57. The Bertz CT molecular complexity index is 507. The average Bonchev–Trinajstić information content (AvgIpc) is 2.39. The summed E-state index contributed by atoms with van der Waals surface area (Å²) in [5.74, 6) is -2.84. The summed E-state index contributed by atoms with van der Waals surface area (Å²) in [6.45, 7) is -1.71. The molecule has 1 unspecified atom stereocenters. The van der Waals surface area contributed by atoms with Crippen molar-refractivity contribution in [2.75, 3.05) is 6.61 Å². The standard InChI is InChI=1S/C12H10BrF3O4/c1-2-19-11(18)9(14)10(17)6-3-4-7(13)8(5-6)20-12(15)16/h3-5,9,12H,2H2,1H3. The van der Waals surface area contributed by atoms with Crippen molar-refractivity contribution in [1.29, 1.82) is 0 Å². The first-order valence-electron chi connectivity index (χ1n) is 5.46. The third kappa shape index (κ3) is 4.22. The second kappa shape index (κ2) is 7.28. The van der Waals surface area contributed by atoms with Crippen molar-refractivity contribution < 1.29 is 32.2 Å². The van der Waals surface area contributed by atoms with Gasteiger partial charge in [-0.3, -0.25) is 4.79 Å². The van der Waals surface area contributed by atoms with Gasteiger partial charge in [0.1, 0.15) is 5.75 Å². The lowest BCUT2D eigenvalue weighted by atomic mass is 10.1. The number of ketones is 1. The Morgan fingerprint density at radius 2 is 1.95 bits per heavy atom. The number of carbonyl (C=O) groups is 2. The van der Waals surface area contributed by atoms with Crippen molar-refractivity contribution in [3.8, 4) is 5.75 Å². The molecule has 1 atom stereocenters. The molecule has 0 heterocycles. The van der Waals surface area contributed by atoms with E-state index in [1.54, 1.807) is 0 Å². The van der Waals surface area contributed by atoms with Crippen LogP contribution in [0.4, 0.5) is 13.2 Å². The maximum absolute atomic E-state index is 13.5. The van der Waals surface area contributed by atoms with E-state index in [0.717, 1.165) is 6.07 Å². The van der Waals surface area contributed by atoms with Crippen LogP contribution in [0.25, 0.3) is 0 Å². The first kappa shape index (κ1) is 16.5. The van der Waals surface area contributed by atoms with Gasteiger partial charge in [-0.2, -0.15) is 8.78 Å². The lowest BCUT2D eigenvalue weighted by Gasteiger charge is -2.10. The highest BCUT2D eigenvalue weighted by molar-refractivity contribution is 9.10. The average molecular weight is 355 g/mol. The second-order valence-corrected chi connectivity index (χ2v) is 4.36. The van der Waals surface area contributed by atoms with Crippen LogP contribution in [0.3, 0.4) is 0 Å². The van der Waals surface area contributed by atoms with Crippen LogP contribution in [0.1, 0.15) is 17.3 Å². The molecule has 0 fully saturated rings. The predicted octanol–water partition coefficient (Wildman–Crippen LogP) is 3.13. The topological polar surface area (TPSA) is 52.6 Å². The molecule has 0 aromatic heterocycles. The van der Waals surface area contributed by atoms with Crippen LogP contribution in [0.2, 0.25) is 0 Å². The van der Waals surface area contributed by atoms with Gasteiger partial charge in [0, 0.05) is 5.56 Å². The van der Waals surface area contributed by atoms with Crippen LogP contribution in [0.15, 0.2) is 22.7 Å². The van der Waals surface area contributed by atoms with Crippen molar-refractivity contribution in [2.24, 2.45) is 0 Å². The van der Waals surface area contributed by atoms with E-state index in [2.05, 4.69) is 25.4 Å². The van der Waals surface area contributed by atoms with E-state index in [-0.39, 0.29) is 22.4 Å². The first-order valence-corrected chi connectivity index (χ1v) is 6.25. The van der Waals surface area contributed by atoms with Crippen molar-refractivity contribution in [1.82, 2.24) is 0 Å². The molecule has 0 bridgehead atoms. The van der Waals surface area contributed by atoms with Gasteiger partial charge in [-0.1, -0.05) is 0 Å². The molecule has 0 spiro atoms. The van der Waals surface area contributed by atoms with Crippen LogP contribution < -0.4 is 4.74 Å². The summed E-state index contributed by atoms with van der Waals surface area (Å²) in [5, 5.41) is 0. The zero-order valence-electron chi connectivity index (χ0n) is 10.2. The molecular weight excluding hydrogens is 345 g/mol. The number of hydrogen-bond donors (Lipinski definition) is 0. The largest absolute Gasteiger partial charge is 0.463 e. The SMILES string of the molecule is CCOC(=O)C(F)C(=O)c1ccc(Br)c(OC(F)F)c1. The number of alkyl halides is 3. The number of hydrogen-bond acceptors (Lipinski definition) is 4. The van der Waals surface area contributed by atoms with Gasteiger partial charge in [0.15, 0.2) is 0 Å². The minimum atomic E-state index is -3.09. The smallest absolute Gasteiger partial charge is 0.387 e. The molecule has 20 heavy (non-hydrogen) atoms. The Kier molecular flexibility index (Phi) is 6.00. The van der Waals surface area contributed by atoms with Gasteiger partial charge >= 0.3 is 12.6 Å². The number of rotatable bonds is 6. The van der Waals surface area contributed by atoms with Crippen LogP contribution in [0.5, 0.6) is 5.75 Å². The van der Waals surface area contributed by atoms with E-state index >= 15 is 0 Å². The molecule has 0 aliphatic rings. The van der Waals surface area contributed by atoms with Crippen molar-refractivity contribution >= 4 is 27.7 Å². The molecule has 110 valence electrons. The molecule has 0 aliphatic carbocycles. The van der Waals surface area contributed by atoms with Gasteiger partial charge in [-0.25, -0.2) is 9.18 Å². The molecule has 1 aromatic carbocycles. The van der Waals surface area contributed by atoms with Gasteiger partial charge in [-0.05, 0) is 41.1 Å². The molecule has 0 aliphatic heterocycles. The van der Waals surface area contributed by atoms with E-state index in [1.807, 2.05) is 0 Å². The molecule has 1 aromatic rings.